The third kappa shape index (κ3) is 1.60. The van der Waals surface area contributed by atoms with Crippen molar-refractivity contribution >= 4 is 0 Å². The van der Waals surface area contributed by atoms with Gasteiger partial charge in [0.25, 0.3) is 0 Å². The van der Waals surface area contributed by atoms with Crippen LogP contribution in [0.4, 0.5) is 0 Å². The van der Waals surface area contributed by atoms with Crippen molar-refractivity contribution in [3.63, 3.8) is 0 Å². The van der Waals surface area contributed by atoms with Crippen molar-refractivity contribution in [2.24, 2.45) is 0 Å². The Balaban J connectivity index is 2.93. The molecule has 0 fully saturated rings. The van der Waals surface area contributed by atoms with Gasteiger partial charge in [0, 0.05) is 5.69 Å². The van der Waals surface area contributed by atoms with Gasteiger partial charge >= 0.3 is 0 Å². The highest BCUT2D eigenvalue weighted by Gasteiger charge is 2.07. The minimum Gasteiger partial charge on any atom is -0.356 e. The summed E-state index contributed by atoms with van der Waals surface area (Å²) >= 11 is 0. The summed E-state index contributed by atoms with van der Waals surface area (Å²) in [6.07, 6.45) is 0. The van der Waals surface area contributed by atoms with Crippen LogP contribution in [-0.4, -0.2) is 16.3 Å². The van der Waals surface area contributed by atoms with E-state index in [2.05, 4.69) is 30.7 Å². The van der Waals surface area contributed by atoms with Gasteiger partial charge in [-0.2, -0.15) is 5.10 Å². The monoisotopic (exact) mass is 154 g/mol. The van der Waals surface area contributed by atoms with Gasteiger partial charge < -0.3 is 5.73 Å². The van der Waals surface area contributed by atoms with Gasteiger partial charge in [0.1, 0.15) is 0 Å². The summed E-state index contributed by atoms with van der Waals surface area (Å²) < 4.78 is 2.03. The zero-order valence-electron chi connectivity index (χ0n) is 7.46. The highest BCUT2D eigenvalue weighted by molar-refractivity contribution is 5.07. The number of rotatable bonds is 2. The van der Waals surface area contributed by atoms with Gasteiger partial charge in [-0.3, -0.25) is 4.68 Å². The first-order chi connectivity index (χ1) is 5.15. The predicted molar refractivity (Wildman–Crippen MR) is 44.2 cm³/mol. The van der Waals surface area contributed by atoms with Crippen LogP contribution < -0.4 is 5.73 Å². The SMILES string of the molecule is Cc1cc(C)n([C@@H](C)C[NH3+])n1. The lowest BCUT2D eigenvalue weighted by molar-refractivity contribution is -0.376. The second kappa shape index (κ2) is 3.05. The van der Waals surface area contributed by atoms with Gasteiger partial charge in [-0.15, -0.1) is 0 Å². The molecule has 0 saturated carbocycles. The molecular formula is C8H16N3+. The maximum absolute atomic E-state index is 4.36. The Bertz CT molecular complexity index is 239. The maximum atomic E-state index is 4.36. The van der Waals surface area contributed by atoms with E-state index in [0.717, 1.165) is 12.2 Å². The molecule has 11 heavy (non-hydrogen) atoms. The third-order valence-electron chi connectivity index (χ3n) is 1.88. The molecule has 0 bridgehead atoms. The summed E-state index contributed by atoms with van der Waals surface area (Å²) in [7, 11) is 0. The van der Waals surface area contributed by atoms with E-state index in [1.54, 1.807) is 0 Å². The Morgan fingerprint density at radius 3 is 2.64 bits per heavy atom. The standard InChI is InChI=1S/C8H15N3/c1-6-4-7(2)11(10-6)8(3)5-9/h4,8H,5,9H2,1-3H3/p+1/t8-/m0/s1. The summed E-state index contributed by atoms with van der Waals surface area (Å²) in [6, 6.07) is 2.51. The van der Waals surface area contributed by atoms with E-state index in [4.69, 9.17) is 0 Å². The molecule has 3 nitrogen and oxygen atoms in total. The molecule has 1 heterocycles. The summed E-state index contributed by atoms with van der Waals surface area (Å²) in [4.78, 5) is 0. The molecule has 1 atom stereocenters. The fraction of sp³-hybridized carbons (Fsp3) is 0.625. The predicted octanol–water partition coefficient (Wildman–Crippen LogP) is 0.303. The van der Waals surface area contributed by atoms with Gasteiger partial charge in [0.2, 0.25) is 0 Å². The van der Waals surface area contributed by atoms with Crippen molar-refractivity contribution in [1.82, 2.24) is 9.78 Å². The third-order valence-corrected chi connectivity index (χ3v) is 1.88. The molecule has 3 N–H and O–H groups in total. The lowest BCUT2D eigenvalue weighted by Crippen LogP contribution is -2.53. The Morgan fingerprint density at radius 2 is 2.27 bits per heavy atom. The zero-order chi connectivity index (χ0) is 8.43. The minimum atomic E-state index is 0.420. The van der Waals surface area contributed by atoms with E-state index in [1.807, 2.05) is 11.6 Å². The Morgan fingerprint density at radius 1 is 1.64 bits per heavy atom. The highest BCUT2D eigenvalue weighted by atomic mass is 15.3. The number of quaternary nitrogens is 1. The summed E-state index contributed by atoms with van der Waals surface area (Å²) in [6.45, 7) is 7.11. The van der Waals surface area contributed by atoms with E-state index in [9.17, 15) is 0 Å². The molecule has 1 aromatic rings. The fourth-order valence-electron chi connectivity index (χ4n) is 1.21. The van der Waals surface area contributed by atoms with Gasteiger partial charge in [0.05, 0.1) is 18.3 Å². The molecule has 0 saturated heterocycles. The fourth-order valence-corrected chi connectivity index (χ4v) is 1.21. The van der Waals surface area contributed by atoms with Crippen molar-refractivity contribution < 1.29 is 5.73 Å². The van der Waals surface area contributed by atoms with Crippen LogP contribution in [-0.2, 0) is 0 Å². The lowest BCUT2D eigenvalue weighted by atomic mass is 10.3. The van der Waals surface area contributed by atoms with Gasteiger partial charge in [-0.1, -0.05) is 0 Å². The molecular weight excluding hydrogens is 138 g/mol. The molecule has 1 rings (SSSR count). The first-order valence-electron chi connectivity index (χ1n) is 3.97. The van der Waals surface area contributed by atoms with E-state index < -0.39 is 0 Å². The van der Waals surface area contributed by atoms with Crippen LogP contribution in [0.3, 0.4) is 0 Å². The van der Waals surface area contributed by atoms with Gasteiger partial charge in [-0.25, -0.2) is 0 Å². The highest BCUT2D eigenvalue weighted by Crippen LogP contribution is 2.07. The summed E-state index contributed by atoms with van der Waals surface area (Å²) in [5, 5.41) is 4.36. The second-order valence-electron chi connectivity index (χ2n) is 3.01. The molecule has 0 aromatic carbocycles. The summed E-state index contributed by atoms with van der Waals surface area (Å²) in [5.41, 5.74) is 6.16. The van der Waals surface area contributed by atoms with Crippen LogP contribution in [0.5, 0.6) is 0 Å². The molecule has 0 unspecified atom stereocenters. The lowest BCUT2D eigenvalue weighted by Gasteiger charge is -2.08. The van der Waals surface area contributed by atoms with Crippen molar-refractivity contribution in [3.8, 4) is 0 Å². The van der Waals surface area contributed by atoms with E-state index in [-0.39, 0.29) is 0 Å². The van der Waals surface area contributed by atoms with Gasteiger partial charge in [-0.05, 0) is 26.8 Å². The Kier molecular flexibility index (Phi) is 2.29. The average Bonchev–Trinajstić information content (AvgIpc) is 2.28. The molecule has 0 aliphatic carbocycles. The van der Waals surface area contributed by atoms with Crippen LogP contribution in [0.25, 0.3) is 0 Å². The van der Waals surface area contributed by atoms with Crippen molar-refractivity contribution in [3.05, 3.63) is 17.5 Å². The molecule has 0 spiro atoms. The molecule has 0 aliphatic rings. The van der Waals surface area contributed by atoms with E-state index in [0.29, 0.717) is 6.04 Å². The zero-order valence-corrected chi connectivity index (χ0v) is 7.46. The summed E-state index contributed by atoms with van der Waals surface area (Å²) in [5.74, 6) is 0. The largest absolute Gasteiger partial charge is 0.356 e. The normalized spacial score (nSPS) is 13.5. The second-order valence-corrected chi connectivity index (χ2v) is 3.01. The Hall–Kier alpha value is -0.830. The maximum Gasteiger partial charge on any atom is 0.0981 e. The van der Waals surface area contributed by atoms with Crippen molar-refractivity contribution in [2.45, 2.75) is 26.8 Å². The van der Waals surface area contributed by atoms with Crippen molar-refractivity contribution in [2.75, 3.05) is 6.54 Å². The quantitative estimate of drug-likeness (QED) is 0.654. The van der Waals surface area contributed by atoms with Crippen LogP contribution in [0.2, 0.25) is 0 Å². The molecule has 62 valence electrons. The number of aromatic nitrogens is 2. The van der Waals surface area contributed by atoms with Crippen LogP contribution in [0, 0.1) is 13.8 Å². The first kappa shape index (κ1) is 8.27. The molecule has 3 heteroatoms. The first-order valence-corrected chi connectivity index (χ1v) is 3.97. The van der Waals surface area contributed by atoms with Crippen LogP contribution >= 0.6 is 0 Å². The smallest absolute Gasteiger partial charge is 0.0981 e. The average molecular weight is 154 g/mol. The molecule has 1 aromatic heterocycles. The van der Waals surface area contributed by atoms with Crippen molar-refractivity contribution in [1.29, 1.82) is 0 Å². The van der Waals surface area contributed by atoms with E-state index >= 15 is 0 Å². The van der Waals surface area contributed by atoms with Crippen LogP contribution in [0.1, 0.15) is 24.4 Å². The number of hydrogen-bond donors (Lipinski definition) is 1. The number of aryl methyl sites for hydroxylation is 2. The Labute approximate surface area is 67.2 Å². The number of hydrogen-bond acceptors (Lipinski definition) is 1. The van der Waals surface area contributed by atoms with Gasteiger partial charge in [0.15, 0.2) is 0 Å². The topological polar surface area (TPSA) is 45.5 Å². The molecule has 0 aliphatic heterocycles. The molecule has 0 amide bonds. The minimum absolute atomic E-state index is 0.420. The molecule has 0 radical (unpaired) electrons. The van der Waals surface area contributed by atoms with E-state index in [1.165, 1.54) is 5.69 Å². The number of nitrogens with zero attached hydrogens (tertiary/aromatic N) is 2. The van der Waals surface area contributed by atoms with Crippen LogP contribution in [0.15, 0.2) is 6.07 Å².